The predicted molar refractivity (Wildman–Crippen MR) is 75.4 cm³/mol. The summed E-state index contributed by atoms with van der Waals surface area (Å²) >= 11 is 0. The maximum absolute atomic E-state index is 12.5. The molecule has 6 nitrogen and oxygen atoms in total. The first-order valence-electron chi connectivity index (χ1n) is 7.41. The molecule has 0 atom stereocenters. The fourth-order valence-corrected chi connectivity index (χ4v) is 3.19. The van der Waals surface area contributed by atoms with Crippen LogP contribution in [0.2, 0.25) is 0 Å². The Morgan fingerprint density at radius 2 is 2.19 bits per heavy atom. The van der Waals surface area contributed by atoms with E-state index in [1.807, 2.05) is 17.0 Å². The number of aromatic nitrogens is 2. The number of nitrogens with one attached hydrogen (secondary N) is 1. The third-order valence-electron chi connectivity index (χ3n) is 4.27. The third-order valence-corrected chi connectivity index (χ3v) is 4.27. The first kappa shape index (κ1) is 12.6. The van der Waals surface area contributed by atoms with E-state index in [4.69, 9.17) is 4.42 Å². The van der Waals surface area contributed by atoms with Gasteiger partial charge in [-0.2, -0.15) is 5.10 Å². The van der Waals surface area contributed by atoms with Crippen LogP contribution in [-0.4, -0.2) is 39.0 Å². The van der Waals surface area contributed by atoms with Gasteiger partial charge in [-0.15, -0.1) is 0 Å². The van der Waals surface area contributed by atoms with E-state index in [0.29, 0.717) is 5.69 Å². The molecule has 6 heteroatoms. The fourth-order valence-electron chi connectivity index (χ4n) is 3.19. The summed E-state index contributed by atoms with van der Waals surface area (Å²) in [5.41, 5.74) is 2.72. The van der Waals surface area contributed by atoms with Crippen LogP contribution in [0, 0.1) is 0 Å². The van der Waals surface area contributed by atoms with E-state index < -0.39 is 0 Å². The van der Waals surface area contributed by atoms with Gasteiger partial charge in [0.05, 0.1) is 18.5 Å². The largest absolute Gasteiger partial charge is 0.468 e. The number of rotatable bonds is 3. The molecule has 4 rings (SSSR count). The average molecular weight is 286 g/mol. The molecule has 110 valence electrons. The highest BCUT2D eigenvalue weighted by molar-refractivity contribution is 5.94. The SMILES string of the molecule is O=C(c1n[nH]c2c1CN(Cc1ccco1)C2)N1CCCC1. The lowest BCUT2D eigenvalue weighted by Crippen LogP contribution is -2.29. The van der Waals surface area contributed by atoms with Crippen molar-refractivity contribution in [1.82, 2.24) is 20.0 Å². The molecule has 1 saturated heterocycles. The number of amides is 1. The zero-order valence-electron chi connectivity index (χ0n) is 11.8. The number of carbonyl (C=O) groups is 1. The van der Waals surface area contributed by atoms with Gasteiger partial charge in [-0.25, -0.2) is 0 Å². The number of hydrogen-bond donors (Lipinski definition) is 1. The molecule has 0 saturated carbocycles. The van der Waals surface area contributed by atoms with E-state index in [9.17, 15) is 4.79 Å². The van der Waals surface area contributed by atoms with Gasteiger partial charge in [-0.3, -0.25) is 14.8 Å². The highest BCUT2D eigenvalue weighted by atomic mass is 16.3. The minimum Gasteiger partial charge on any atom is -0.468 e. The Balaban J connectivity index is 1.50. The van der Waals surface area contributed by atoms with Crippen molar-refractivity contribution in [3.05, 3.63) is 41.1 Å². The van der Waals surface area contributed by atoms with Crippen LogP contribution in [0.4, 0.5) is 0 Å². The summed E-state index contributed by atoms with van der Waals surface area (Å²) in [6, 6.07) is 3.87. The van der Waals surface area contributed by atoms with Crippen molar-refractivity contribution in [2.24, 2.45) is 0 Å². The average Bonchev–Trinajstić information content (AvgIpc) is 3.24. The zero-order chi connectivity index (χ0) is 14.2. The Morgan fingerprint density at radius 1 is 1.33 bits per heavy atom. The van der Waals surface area contributed by atoms with Gasteiger partial charge in [0.1, 0.15) is 5.76 Å². The lowest BCUT2D eigenvalue weighted by Gasteiger charge is -2.15. The van der Waals surface area contributed by atoms with E-state index >= 15 is 0 Å². The molecule has 0 bridgehead atoms. The van der Waals surface area contributed by atoms with Crippen LogP contribution >= 0.6 is 0 Å². The van der Waals surface area contributed by atoms with Gasteiger partial charge in [0, 0.05) is 31.7 Å². The predicted octanol–water partition coefficient (Wildman–Crippen LogP) is 1.75. The van der Waals surface area contributed by atoms with E-state index in [0.717, 1.165) is 62.6 Å². The number of fused-ring (bicyclic) bond motifs is 1. The summed E-state index contributed by atoms with van der Waals surface area (Å²) in [6.45, 7) is 4.01. The third kappa shape index (κ3) is 2.25. The monoisotopic (exact) mass is 286 g/mol. The molecule has 2 aliphatic rings. The van der Waals surface area contributed by atoms with Crippen LogP contribution in [0.25, 0.3) is 0 Å². The van der Waals surface area contributed by atoms with E-state index in [-0.39, 0.29) is 5.91 Å². The normalized spacial score (nSPS) is 18.4. The molecular formula is C15H18N4O2. The number of furan rings is 1. The van der Waals surface area contributed by atoms with Gasteiger partial charge in [-0.1, -0.05) is 0 Å². The summed E-state index contributed by atoms with van der Waals surface area (Å²) in [4.78, 5) is 16.7. The fraction of sp³-hybridized carbons (Fsp3) is 0.467. The Labute approximate surface area is 122 Å². The minimum atomic E-state index is 0.0739. The van der Waals surface area contributed by atoms with Crippen molar-refractivity contribution in [2.75, 3.05) is 13.1 Å². The summed E-state index contributed by atoms with van der Waals surface area (Å²) in [5, 5.41) is 7.28. The Kier molecular flexibility index (Phi) is 3.03. The quantitative estimate of drug-likeness (QED) is 0.933. The summed E-state index contributed by atoms with van der Waals surface area (Å²) in [7, 11) is 0. The highest BCUT2D eigenvalue weighted by Gasteiger charge is 2.31. The molecule has 2 aromatic heterocycles. The summed E-state index contributed by atoms with van der Waals surface area (Å²) in [6.07, 6.45) is 3.89. The second-order valence-electron chi connectivity index (χ2n) is 5.75. The smallest absolute Gasteiger partial charge is 0.274 e. The standard InChI is InChI=1S/C15H18N4O2/c20-15(19-5-1-2-6-19)14-12-9-18(10-13(12)16-17-14)8-11-4-3-7-21-11/h3-4,7H,1-2,5-6,8-10H2,(H,16,17). The van der Waals surface area contributed by atoms with Gasteiger partial charge < -0.3 is 9.32 Å². The maximum atomic E-state index is 12.5. The first-order chi connectivity index (χ1) is 10.3. The van der Waals surface area contributed by atoms with Crippen LogP contribution in [-0.2, 0) is 19.6 Å². The molecule has 0 unspecified atom stereocenters. The second kappa shape index (κ2) is 5.04. The van der Waals surface area contributed by atoms with Gasteiger partial charge in [0.2, 0.25) is 0 Å². The topological polar surface area (TPSA) is 65.4 Å². The lowest BCUT2D eigenvalue weighted by molar-refractivity contribution is 0.0785. The molecule has 0 radical (unpaired) electrons. The van der Waals surface area contributed by atoms with E-state index in [1.54, 1.807) is 6.26 Å². The summed E-state index contributed by atoms with van der Waals surface area (Å²) < 4.78 is 5.39. The van der Waals surface area contributed by atoms with Crippen LogP contribution in [0.15, 0.2) is 22.8 Å². The van der Waals surface area contributed by atoms with Crippen molar-refractivity contribution in [2.45, 2.75) is 32.5 Å². The van der Waals surface area contributed by atoms with Crippen LogP contribution in [0.5, 0.6) is 0 Å². The number of carbonyl (C=O) groups excluding carboxylic acids is 1. The molecule has 0 aliphatic carbocycles. The number of aromatic amines is 1. The Bertz CT molecular complexity index is 641. The van der Waals surface area contributed by atoms with Crippen molar-refractivity contribution < 1.29 is 9.21 Å². The van der Waals surface area contributed by atoms with Crippen molar-refractivity contribution in [1.29, 1.82) is 0 Å². The minimum absolute atomic E-state index is 0.0739. The van der Waals surface area contributed by atoms with Crippen LogP contribution in [0.3, 0.4) is 0 Å². The molecule has 0 aromatic carbocycles. The van der Waals surface area contributed by atoms with Crippen molar-refractivity contribution in [3.63, 3.8) is 0 Å². The highest BCUT2D eigenvalue weighted by Crippen LogP contribution is 2.26. The molecule has 1 fully saturated rings. The molecule has 0 spiro atoms. The van der Waals surface area contributed by atoms with Gasteiger partial charge in [0.15, 0.2) is 5.69 Å². The van der Waals surface area contributed by atoms with Crippen molar-refractivity contribution in [3.8, 4) is 0 Å². The number of likely N-dealkylation sites (tertiary alicyclic amines) is 1. The summed E-state index contributed by atoms with van der Waals surface area (Å²) in [5.74, 6) is 1.02. The van der Waals surface area contributed by atoms with Crippen molar-refractivity contribution >= 4 is 5.91 Å². The number of hydrogen-bond acceptors (Lipinski definition) is 4. The maximum Gasteiger partial charge on any atom is 0.274 e. The first-order valence-corrected chi connectivity index (χ1v) is 7.41. The Morgan fingerprint density at radius 3 is 2.95 bits per heavy atom. The van der Waals surface area contributed by atoms with Crippen LogP contribution < -0.4 is 0 Å². The molecule has 1 N–H and O–H groups in total. The number of H-pyrrole nitrogens is 1. The molecule has 4 heterocycles. The van der Waals surface area contributed by atoms with Crippen LogP contribution in [0.1, 0.15) is 40.3 Å². The van der Waals surface area contributed by atoms with Gasteiger partial charge in [-0.05, 0) is 25.0 Å². The second-order valence-corrected chi connectivity index (χ2v) is 5.75. The molecule has 21 heavy (non-hydrogen) atoms. The molecule has 2 aliphatic heterocycles. The lowest BCUT2D eigenvalue weighted by atomic mass is 10.2. The molecule has 1 amide bonds. The van der Waals surface area contributed by atoms with Gasteiger partial charge >= 0.3 is 0 Å². The van der Waals surface area contributed by atoms with Gasteiger partial charge in [0.25, 0.3) is 5.91 Å². The Hall–Kier alpha value is -2.08. The zero-order valence-corrected chi connectivity index (χ0v) is 11.8. The van der Waals surface area contributed by atoms with E-state index in [2.05, 4.69) is 15.1 Å². The molecular weight excluding hydrogens is 268 g/mol. The number of nitrogens with zero attached hydrogens (tertiary/aromatic N) is 3. The molecule has 2 aromatic rings. The van der Waals surface area contributed by atoms with E-state index in [1.165, 1.54) is 0 Å².